The number of aromatic nitrogens is 1. The molecule has 5 nitrogen and oxygen atoms in total. The van der Waals surface area contributed by atoms with E-state index in [2.05, 4.69) is 10.3 Å². The first-order chi connectivity index (χ1) is 8.50. The standard InChI is InChI=1S/C12H18ClN3O2.ClH/c1-8(2)11(14)12(17)15-5-6-18-10-4-3-9(13)7-16-10;/h3-4,7-8,11H,5-6,14H2,1-2H3,(H,15,17);1H/t11-;/m0./s1. The van der Waals surface area contributed by atoms with Gasteiger partial charge in [0.2, 0.25) is 11.8 Å². The molecule has 0 saturated carbocycles. The number of hydrogen-bond acceptors (Lipinski definition) is 4. The Morgan fingerprint density at radius 2 is 2.21 bits per heavy atom. The van der Waals surface area contributed by atoms with E-state index in [0.29, 0.717) is 24.1 Å². The molecule has 0 spiro atoms. The van der Waals surface area contributed by atoms with Crippen molar-refractivity contribution in [1.29, 1.82) is 0 Å². The molecule has 3 N–H and O–H groups in total. The minimum Gasteiger partial charge on any atom is -0.476 e. The molecule has 1 rings (SSSR count). The summed E-state index contributed by atoms with van der Waals surface area (Å²) in [5.41, 5.74) is 5.69. The Kier molecular flexibility index (Phi) is 8.47. The highest BCUT2D eigenvalue weighted by Gasteiger charge is 2.16. The first kappa shape index (κ1) is 18.0. The number of carbonyl (C=O) groups is 1. The number of nitrogens with zero attached hydrogens (tertiary/aromatic N) is 1. The van der Waals surface area contributed by atoms with Gasteiger partial charge in [-0.1, -0.05) is 25.4 Å². The molecule has 1 aromatic heterocycles. The second kappa shape index (κ2) is 8.96. The number of halogens is 2. The smallest absolute Gasteiger partial charge is 0.237 e. The molecule has 1 amide bonds. The van der Waals surface area contributed by atoms with Gasteiger partial charge in [0.25, 0.3) is 0 Å². The predicted molar refractivity (Wildman–Crippen MR) is 77.8 cm³/mol. The summed E-state index contributed by atoms with van der Waals surface area (Å²) in [4.78, 5) is 15.5. The van der Waals surface area contributed by atoms with E-state index in [1.165, 1.54) is 6.20 Å². The maximum atomic E-state index is 11.5. The lowest BCUT2D eigenvalue weighted by molar-refractivity contribution is -0.123. The van der Waals surface area contributed by atoms with Gasteiger partial charge in [-0.2, -0.15) is 0 Å². The van der Waals surface area contributed by atoms with Crippen molar-refractivity contribution in [2.75, 3.05) is 13.2 Å². The van der Waals surface area contributed by atoms with Gasteiger partial charge < -0.3 is 15.8 Å². The molecule has 1 heterocycles. The summed E-state index contributed by atoms with van der Waals surface area (Å²) in [5, 5.41) is 3.26. The van der Waals surface area contributed by atoms with Crippen LogP contribution in [-0.2, 0) is 4.79 Å². The quantitative estimate of drug-likeness (QED) is 0.783. The van der Waals surface area contributed by atoms with Crippen LogP contribution in [0.1, 0.15) is 13.8 Å². The second-order valence-electron chi connectivity index (χ2n) is 4.22. The fraction of sp³-hybridized carbons (Fsp3) is 0.500. The van der Waals surface area contributed by atoms with Crippen molar-refractivity contribution >= 4 is 29.9 Å². The monoisotopic (exact) mass is 307 g/mol. The molecule has 0 unspecified atom stereocenters. The molecule has 7 heteroatoms. The van der Waals surface area contributed by atoms with Crippen molar-refractivity contribution in [1.82, 2.24) is 10.3 Å². The summed E-state index contributed by atoms with van der Waals surface area (Å²) >= 11 is 5.69. The van der Waals surface area contributed by atoms with Gasteiger partial charge in [0.05, 0.1) is 17.6 Å². The van der Waals surface area contributed by atoms with E-state index in [1.807, 2.05) is 13.8 Å². The Labute approximate surface area is 124 Å². The molecule has 0 aliphatic heterocycles. The van der Waals surface area contributed by atoms with E-state index < -0.39 is 6.04 Å². The Bertz CT molecular complexity index is 385. The summed E-state index contributed by atoms with van der Waals surface area (Å²) in [6.45, 7) is 4.53. The first-order valence-corrected chi connectivity index (χ1v) is 6.16. The number of pyridine rings is 1. The average molecular weight is 308 g/mol. The van der Waals surface area contributed by atoms with Crippen molar-refractivity contribution in [2.45, 2.75) is 19.9 Å². The highest BCUT2D eigenvalue weighted by Crippen LogP contribution is 2.10. The maximum absolute atomic E-state index is 11.5. The van der Waals surface area contributed by atoms with Crippen molar-refractivity contribution < 1.29 is 9.53 Å². The molecule has 0 saturated heterocycles. The normalized spacial score (nSPS) is 11.6. The van der Waals surface area contributed by atoms with Crippen LogP contribution in [0.5, 0.6) is 5.88 Å². The van der Waals surface area contributed by atoms with Crippen LogP contribution >= 0.6 is 24.0 Å². The summed E-state index contributed by atoms with van der Waals surface area (Å²) in [5.74, 6) is 0.420. The molecule has 0 aliphatic carbocycles. The number of carbonyl (C=O) groups excluding carboxylic acids is 1. The zero-order chi connectivity index (χ0) is 13.5. The third-order valence-electron chi connectivity index (χ3n) is 2.37. The number of nitrogens with two attached hydrogens (primary N) is 1. The summed E-state index contributed by atoms with van der Waals surface area (Å²) in [6.07, 6.45) is 1.50. The summed E-state index contributed by atoms with van der Waals surface area (Å²) in [7, 11) is 0. The summed E-state index contributed by atoms with van der Waals surface area (Å²) < 4.78 is 5.33. The van der Waals surface area contributed by atoms with E-state index in [-0.39, 0.29) is 24.2 Å². The average Bonchev–Trinajstić information content (AvgIpc) is 2.35. The molecule has 0 bridgehead atoms. The van der Waals surface area contributed by atoms with Crippen molar-refractivity contribution in [3.63, 3.8) is 0 Å². The molecule has 108 valence electrons. The van der Waals surface area contributed by atoms with Gasteiger partial charge >= 0.3 is 0 Å². The minimum absolute atomic E-state index is 0. The maximum Gasteiger partial charge on any atom is 0.237 e. The predicted octanol–water partition coefficient (Wildman–Crippen LogP) is 1.64. The zero-order valence-corrected chi connectivity index (χ0v) is 12.5. The number of hydrogen-bond donors (Lipinski definition) is 2. The number of ether oxygens (including phenoxy) is 1. The van der Waals surface area contributed by atoms with E-state index in [4.69, 9.17) is 22.1 Å². The molecule has 0 radical (unpaired) electrons. The number of amides is 1. The van der Waals surface area contributed by atoms with E-state index >= 15 is 0 Å². The van der Waals surface area contributed by atoms with Crippen molar-refractivity contribution in [2.24, 2.45) is 11.7 Å². The Hall–Kier alpha value is -1.04. The Morgan fingerprint density at radius 1 is 1.53 bits per heavy atom. The largest absolute Gasteiger partial charge is 0.476 e. The fourth-order valence-corrected chi connectivity index (χ4v) is 1.31. The van der Waals surface area contributed by atoms with Crippen LogP contribution in [0.3, 0.4) is 0 Å². The van der Waals surface area contributed by atoms with Crippen LogP contribution in [0.4, 0.5) is 0 Å². The van der Waals surface area contributed by atoms with E-state index in [1.54, 1.807) is 12.1 Å². The lowest BCUT2D eigenvalue weighted by Crippen LogP contribution is -2.45. The Morgan fingerprint density at radius 3 is 2.74 bits per heavy atom. The van der Waals surface area contributed by atoms with Gasteiger partial charge in [-0.05, 0) is 12.0 Å². The van der Waals surface area contributed by atoms with Gasteiger partial charge in [-0.3, -0.25) is 4.79 Å². The molecular weight excluding hydrogens is 289 g/mol. The van der Waals surface area contributed by atoms with Crippen LogP contribution in [0.25, 0.3) is 0 Å². The van der Waals surface area contributed by atoms with Crippen LogP contribution in [0, 0.1) is 5.92 Å². The lowest BCUT2D eigenvalue weighted by atomic mass is 10.1. The lowest BCUT2D eigenvalue weighted by Gasteiger charge is -2.15. The molecule has 0 aromatic carbocycles. The minimum atomic E-state index is -0.487. The zero-order valence-electron chi connectivity index (χ0n) is 10.9. The van der Waals surface area contributed by atoms with Crippen molar-refractivity contribution in [3.05, 3.63) is 23.4 Å². The van der Waals surface area contributed by atoms with Gasteiger partial charge in [-0.25, -0.2) is 4.98 Å². The van der Waals surface area contributed by atoms with Crippen LogP contribution in [0.2, 0.25) is 5.02 Å². The molecule has 1 atom stereocenters. The van der Waals surface area contributed by atoms with Crippen LogP contribution < -0.4 is 15.8 Å². The van der Waals surface area contributed by atoms with Crippen LogP contribution in [0.15, 0.2) is 18.3 Å². The fourth-order valence-electron chi connectivity index (χ4n) is 1.20. The molecular formula is C12H19Cl2N3O2. The topological polar surface area (TPSA) is 77.2 Å². The first-order valence-electron chi connectivity index (χ1n) is 5.78. The van der Waals surface area contributed by atoms with E-state index in [9.17, 15) is 4.79 Å². The number of rotatable bonds is 6. The van der Waals surface area contributed by atoms with Crippen LogP contribution in [-0.4, -0.2) is 30.1 Å². The number of nitrogens with one attached hydrogen (secondary N) is 1. The summed E-state index contributed by atoms with van der Waals surface area (Å²) in [6, 6.07) is 2.87. The third kappa shape index (κ3) is 6.61. The molecule has 0 aliphatic rings. The third-order valence-corrected chi connectivity index (χ3v) is 2.60. The molecule has 0 fully saturated rings. The highest BCUT2D eigenvalue weighted by atomic mass is 35.5. The Balaban J connectivity index is 0.00000324. The molecule has 19 heavy (non-hydrogen) atoms. The SMILES string of the molecule is CC(C)[C@H](N)C(=O)NCCOc1ccc(Cl)cn1.Cl. The van der Waals surface area contributed by atoms with Gasteiger partial charge in [0.1, 0.15) is 6.61 Å². The molecule has 1 aromatic rings. The van der Waals surface area contributed by atoms with E-state index in [0.717, 1.165) is 0 Å². The van der Waals surface area contributed by atoms with Gasteiger partial charge in [0.15, 0.2) is 0 Å². The second-order valence-corrected chi connectivity index (χ2v) is 4.66. The van der Waals surface area contributed by atoms with Gasteiger partial charge in [0, 0.05) is 12.3 Å². The van der Waals surface area contributed by atoms with Crippen molar-refractivity contribution in [3.8, 4) is 5.88 Å². The van der Waals surface area contributed by atoms with Gasteiger partial charge in [-0.15, -0.1) is 12.4 Å². The highest BCUT2D eigenvalue weighted by molar-refractivity contribution is 6.30.